The molecule has 1 aliphatic heterocycles. The van der Waals surface area contributed by atoms with Crippen molar-refractivity contribution in [3.05, 3.63) is 72.1 Å². The third kappa shape index (κ3) is 6.14. The number of aromatic amines is 2. The molecular formula is C30H34N6O5S. The second kappa shape index (κ2) is 12.7. The van der Waals surface area contributed by atoms with Gasteiger partial charge in [0, 0.05) is 59.3 Å². The van der Waals surface area contributed by atoms with Gasteiger partial charge in [0.25, 0.3) is 0 Å². The maximum absolute atomic E-state index is 13.9. The van der Waals surface area contributed by atoms with Gasteiger partial charge in [-0.1, -0.05) is 36.4 Å². The number of benzene rings is 2. The van der Waals surface area contributed by atoms with Crippen molar-refractivity contribution in [2.45, 2.75) is 49.9 Å². The van der Waals surface area contributed by atoms with Gasteiger partial charge in [-0.25, -0.2) is 4.79 Å². The van der Waals surface area contributed by atoms with Crippen LogP contribution in [0.2, 0.25) is 0 Å². The molecule has 5 rings (SSSR count). The van der Waals surface area contributed by atoms with Gasteiger partial charge in [0.05, 0.1) is 6.04 Å². The third-order valence-corrected chi connectivity index (χ3v) is 8.19. The van der Waals surface area contributed by atoms with E-state index in [1.165, 1.54) is 4.90 Å². The summed E-state index contributed by atoms with van der Waals surface area (Å²) in [7, 11) is 0. The number of H-pyrrole nitrogens is 2. The molecular weight excluding hydrogens is 556 g/mol. The minimum absolute atomic E-state index is 0.0760. The van der Waals surface area contributed by atoms with E-state index in [1.54, 1.807) is 12.4 Å². The number of hydrogen-bond donors (Lipinski definition) is 7. The van der Waals surface area contributed by atoms with Crippen molar-refractivity contribution < 1.29 is 24.3 Å². The number of aromatic nitrogens is 2. The summed E-state index contributed by atoms with van der Waals surface area (Å²) in [6, 6.07) is 11.2. The Labute approximate surface area is 247 Å². The first kappa shape index (κ1) is 29.2. The average Bonchev–Trinajstić information content (AvgIpc) is 3.75. The predicted octanol–water partition coefficient (Wildman–Crippen LogP) is 1.74. The molecule has 2 aromatic heterocycles. The van der Waals surface area contributed by atoms with Gasteiger partial charge < -0.3 is 36.3 Å². The maximum atomic E-state index is 13.9. The van der Waals surface area contributed by atoms with E-state index in [0.29, 0.717) is 19.4 Å². The number of carboxylic acids is 1. The zero-order valence-corrected chi connectivity index (χ0v) is 23.8. The zero-order valence-electron chi connectivity index (χ0n) is 22.9. The zero-order chi connectivity index (χ0) is 29.8. The van der Waals surface area contributed by atoms with Crippen LogP contribution in [0.3, 0.4) is 0 Å². The molecule has 1 saturated heterocycles. The van der Waals surface area contributed by atoms with E-state index >= 15 is 0 Å². The average molecular weight is 591 g/mol. The second-order valence-electron chi connectivity index (χ2n) is 10.6. The predicted molar refractivity (Wildman–Crippen MR) is 162 cm³/mol. The fourth-order valence-corrected chi connectivity index (χ4v) is 5.74. The van der Waals surface area contributed by atoms with Crippen molar-refractivity contribution in [1.29, 1.82) is 0 Å². The number of nitrogens with zero attached hydrogens (tertiary/aromatic N) is 1. The van der Waals surface area contributed by atoms with Gasteiger partial charge in [-0.05, 0) is 36.1 Å². The molecule has 1 aliphatic rings. The van der Waals surface area contributed by atoms with E-state index in [2.05, 4.69) is 33.2 Å². The van der Waals surface area contributed by atoms with E-state index in [4.69, 9.17) is 5.73 Å². The first-order chi connectivity index (χ1) is 20.3. The number of aliphatic carboxylic acids is 1. The normalized spacial score (nSPS) is 17.2. The van der Waals surface area contributed by atoms with Crippen LogP contribution in [-0.4, -0.2) is 80.1 Å². The smallest absolute Gasteiger partial charge is 0.326 e. The van der Waals surface area contributed by atoms with Gasteiger partial charge in [-0.2, -0.15) is 12.6 Å². The van der Waals surface area contributed by atoms with E-state index in [-0.39, 0.29) is 18.6 Å². The van der Waals surface area contributed by atoms with Crippen LogP contribution in [0, 0.1) is 0 Å². The monoisotopic (exact) mass is 590 g/mol. The van der Waals surface area contributed by atoms with Crippen LogP contribution < -0.4 is 16.4 Å². The molecule has 2 aromatic carbocycles. The maximum Gasteiger partial charge on any atom is 0.326 e. The Morgan fingerprint density at radius 1 is 0.929 bits per heavy atom. The minimum Gasteiger partial charge on any atom is -0.480 e. The van der Waals surface area contributed by atoms with Crippen molar-refractivity contribution in [2.24, 2.45) is 5.73 Å². The van der Waals surface area contributed by atoms with Crippen molar-refractivity contribution in [1.82, 2.24) is 25.5 Å². The Bertz CT molecular complexity index is 1620. The molecule has 0 saturated carbocycles. The molecule has 0 aliphatic carbocycles. The number of rotatable bonds is 11. The summed E-state index contributed by atoms with van der Waals surface area (Å²) in [5.41, 5.74) is 9.25. The first-order valence-corrected chi connectivity index (χ1v) is 14.5. The van der Waals surface area contributed by atoms with E-state index < -0.39 is 47.9 Å². The largest absolute Gasteiger partial charge is 0.480 e. The number of thiol groups is 1. The highest BCUT2D eigenvalue weighted by atomic mass is 32.1. The lowest BCUT2D eigenvalue weighted by atomic mass is 10.0. The molecule has 0 spiro atoms. The van der Waals surface area contributed by atoms with Crippen molar-refractivity contribution >= 4 is 58.1 Å². The summed E-state index contributed by atoms with van der Waals surface area (Å²) >= 11 is 4.11. The molecule has 3 heterocycles. The molecule has 4 atom stereocenters. The standard InChI is InChI=1S/C30H34N6O5S/c31-21(16-42)27(37)34-24(12-17-14-32-22-8-3-1-6-19(17)22)29(39)36-11-5-10-26(36)28(38)35-25(30(40)41)13-18-15-33-23-9-4-2-7-20(18)23/h1-4,6-9,14-15,21,24-26,32-33,42H,5,10-13,16,31H2,(H,34,37)(H,35,38)(H,40,41). The Kier molecular flexibility index (Phi) is 8.83. The molecule has 1 fully saturated rings. The third-order valence-electron chi connectivity index (χ3n) is 7.80. The van der Waals surface area contributed by atoms with Crippen LogP contribution in [-0.2, 0) is 32.0 Å². The van der Waals surface area contributed by atoms with Gasteiger partial charge in [0.2, 0.25) is 17.7 Å². The number of carbonyl (C=O) groups is 4. The Morgan fingerprint density at radius 3 is 2.07 bits per heavy atom. The number of para-hydroxylation sites is 2. The van der Waals surface area contributed by atoms with Crippen LogP contribution in [0.4, 0.5) is 0 Å². The van der Waals surface area contributed by atoms with E-state index in [0.717, 1.165) is 32.9 Å². The summed E-state index contributed by atoms with van der Waals surface area (Å²) in [6.45, 7) is 0.302. The van der Waals surface area contributed by atoms with Crippen LogP contribution in [0.5, 0.6) is 0 Å². The number of hydrogen-bond acceptors (Lipinski definition) is 6. The summed E-state index contributed by atoms with van der Waals surface area (Å²) < 4.78 is 0. The van der Waals surface area contributed by atoms with E-state index in [9.17, 15) is 24.3 Å². The molecule has 0 bridgehead atoms. The SMILES string of the molecule is NC(CS)C(=O)NC(Cc1c[nH]c2ccccc12)C(=O)N1CCCC1C(=O)NC(Cc1c[nH]c2ccccc12)C(=O)O. The lowest BCUT2D eigenvalue weighted by molar-refractivity contribution is -0.144. The Morgan fingerprint density at radius 2 is 1.50 bits per heavy atom. The highest BCUT2D eigenvalue weighted by molar-refractivity contribution is 7.80. The van der Waals surface area contributed by atoms with Crippen LogP contribution in [0.1, 0.15) is 24.0 Å². The highest BCUT2D eigenvalue weighted by Gasteiger charge is 2.39. The summed E-state index contributed by atoms with van der Waals surface area (Å²) in [4.78, 5) is 60.1. The quantitative estimate of drug-likeness (QED) is 0.131. The van der Waals surface area contributed by atoms with Crippen molar-refractivity contribution in [2.75, 3.05) is 12.3 Å². The molecule has 4 aromatic rings. The minimum atomic E-state index is -1.19. The summed E-state index contributed by atoms with van der Waals surface area (Å²) in [5.74, 6) is -2.57. The van der Waals surface area contributed by atoms with Gasteiger partial charge in [0.1, 0.15) is 18.1 Å². The van der Waals surface area contributed by atoms with Gasteiger partial charge in [-0.15, -0.1) is 0 Å². The lowest BCUT2D eigenvalue weighted by Gasteiger charge is -2.30. The Hall–Kier alpha value is -4.29. The summed E-state index contributed by atoms with van der Waals surface area (Å²) in [6.07, 6.45) is 4.73. The van der Waals surface area contributed by atoms with Crippen molar-refractivity contribution in [3.8, 4) is 0 Å². The number of fused-ring (bicyclic) bond motifs is 2. The van der Waals surface area contributed by atoms with Gasteiger partial charge >= 0.3 is 5.97 Å². The number of carbonyl (C=O) groups excluding carboxylic acids is 3. The summed E-state index contributed by atoms with van der Waals surface area (Å²) in [5, 5.41) is 17.1. The van der Waals surface area contributed by atoms with Gasteiger partial charge in [0.15, 0.2) is 0 Å². The van der Waals surface area contributed by atoms with E-state index in [1.807, 2.05) is 48.5 Å². The molecule has 42 heavy (non-hydrogen) atoms. The van der Waals surface area contributed by atoms with Crippen LogP contribution in [0.15, 0.2) is 60.9 Å². The number of nitrogens with two attached hydrogens (primary N) is 1. The number of amides is 3. The first-order valence-electron chi connectivity index (χ1n) is 13.9. The van der Waals surface area contributed by atoms with Crippen LogP contribution >= 0.6 is 12.6 Å². The molecule has 4 unspecified atom stereocenters. The number of likely N-dealkylation sites (tertiary alicyclic amines) is 1. The molecule has 0 radical (unpaired) electrons. The molecule has 7 N–H and O–H groups in total. The number of nitrogens with one attached hydrogen (secondary N) is 4. The van der Waals surface area contributed by atoms with Gasteiger partial charge in [-0.3, -0.25) is 14.4 Å². The highest BCUT2D eigenvalue weighted by Crippen LogP contribution is 2.24. The topological polar surface area (TPSA) is 173 Å². The molecule has 3 amide bonds. The fraction of sp³-hybridized carbons (Fsp3) is 0.333. The fourth-order valence-electron chi connectivity index (χ4n) is 5.57. The Balaban J connectivity index is 1.34. The number of carboxylic acid groups (broad SMARTS) is 1. The van der Waals surface area contributed by atoms with Crippen LogP contribution in [0.25, 0.3) is 21.8 Å². The van der Waals surface area contributed by atoms with Crippen molar-refractivity contribution in [3.63, 3.8) is 0 Å². The lowest BCUT2D eigenvalue weighted by Crippen LogP contribution is -2.57. The molecule has 11 nitrogen and oxygen atoms in total. The second-order valence-corrected chi connectivity index (χ2v) is 10.9. The molecule has 220 valence electrons. The molecule has 12 heteroatoms.